The van der Waals surface area contributed by atoms with Crippen molar-refractivity contribution in [1.29, 1.82) is 0 Å². The maximum Gasteiger partial charge on any atom is 0.325 e. The smallest absolute Gasteiger partial charge is 0.325 e. The van der Waals surface area contributed by atoms with Gasteiger partial charge in [0.25, 0.3) is 0 Å². The van der Waals surface area contributed by atoms with Crippen molar-refractivity contribution in [2.75, 3.05) is 40.1 Å². The van der Waals surface area contributed by atoms with Crippen LogP contribution in [0.2, 0.25) is 0 Å². The normalized spacial score (nSPS) is 12.5. The molecule has 6 nitrogen and oxygen atoms in total. The summed E-state index contributed by atoms with van der Waals surface area (Å²) in [6, 6.07) is -0.945. The number of nitrogens with two attached hydrogens (primary N) is 1. The van der Waals surface area contributed by atoms with Crippen molar-refractivity contribution in [2.24, 2.45) is 5.73 Å². The number of aliphatic hydroxyl groups excluding tert-OH is 1. The van der Waals surface area contributed by atoms with E-state index in [4.69, 9.17) is 25.1 Å². The Bertz CT molecular complexity index is 165. The van der Waals surface area contributed by atoms with Crippen LogP contribution in [0.25, 0.3) is 0 Å². The standard InChI is InChI=1S/C9H19NO5/c1-13-5-6-14-3-2-4-15-9(12)8(10)7-11/h8,11H,2-7,10H2,1H3/t8-/m1/s1. The van der Waals surface area contributed by atoms with Gasteiger partial charge in [-0.3, -0.25) is 4.79 Å². The Morgan fingerprint density at radius 2 is 2.07 bits per heavy atom. The van der Waals surface area contributed by atoms with Crippen molar-refractivity contribution in [3.8, 4) is 0 Å². The second-order valence-electron chi connectivity index (χ2n) is 2.92. The zero-order valence-electron chi connectivity index (χ0n) is 8.98. The Labute approximate surface area is 89.3 Å². The van der Waals surface area contributed by atoms with Crippen LogP contribution in [0.5, 0.6) is 0 Å². The fourth-order valence-electron chi connectivity index (χ4n) is 0.760. The molecule has 0 aromatic heterocycles. The highest BCUT2D eigenvalue weighted by Crippen LogP contribution is 1.89. The average Bonchev–Trinajstić information content (AvgIpc) is 2.26. The number of carbonyl (C=O) groups excluding carboxylic acids is 1. The Morgan fingerprint density at radius 1 is 1.33 bits per heavy atom. The summed E-state index contributed by atoms with van der Waals surface area (Å²) in [4.78, 5) is 10.9. The van der Waals surface area contributed by atoms with Gasteiger partial charge in [0.2, 0.25) is 0 Å². The summed E-state index contributed by atoms with van der Waals surface area (Å²) < 4.78 is 14.7. The highest BCUT2D eigenvalue weighted by Gasteiger charge is 2.12. The third-order valence-corrected chi connectivity index (χ3v) is 1.61. The highest BCUT2D eigenvalue weighted by atomic mass is 16.5. The minimum atomic E-state index is -0.945. The van der Waals surface area contributed by atoms with E-state index in [0.717, 1.165) is 0 Å². The highest BCUT2D eigenvalue weighted by molar-refractivity contribution is 5.75. The molecule has 1 atom stereocenters. The molecular weight excluding hydrogens is 202 g/mol. The third kappa shape index (κ3) is 8.31. The lowest BCUT2D eigenvalue weighted by atomic mass is 10.3. The quantitative estimate of drug-likeness (QED) is 0.379. The minimum absolute atomic E-state index is 0.250. The number of aliphatic hydroxyl groups is 1. The van der Waals surface area contributed by atoms with Crippen molar-refractivity contribution in [1.82, 2.24) is 0 Å². The molecule has 0 saturated heterocycles. The second kappa shape index (κ2) is 9.85. The van der Waals surface area contributed by atoms with Crippen LogP contribution in [0.4, 0.5) is 0 Å². The van der Waals surface area contributed by atoms with Gasteiger partial charge in [0.1, 0.15) is 6.04 Å². The van der Waals surface area contributed by atoms with E-state index in [-0.39, 0.29) is 6.61 Å². The zero-order chi connectivity index (χ0) is 11.5. The monoisotopic (exact) mass is 221 g/mol. The molecule has 0 aromatic rings. The summed E-state index contributed by atoms with van der Waals surface area (Å²) in [5.74, 6) is -0.589. The van der Waals surface area contributed by atoms with Gasteiger partial charge in [0, 0.05) is 20.1 Å². The van der Waals surface area contributed by atoms with Gasteiger partial charge in [-0.2, -0.15) is 0 Å². The summed E-state index contributed by atoms with van der Waals surface area (Å²) in [5, 5.41) is 8.54. The van der Waals surface area contributed by atoms with Crippen molar-refractivity contribution >= 4 is 5.97 Å². The van der Waals surface area contributed by atoms with E-state index >= 15 is 0 Å². The van der Waals surface area contributed by atoms with Crippen LogP contribution in [-0.2, 0) is 19.0 Å². The molecule has 0 amide bonds. The predicted octanol–water partition coefficient (Wildman–Crippen LogP) is -1.10. The van der Waals surface area contributed by atoms with Crippen molar-refractivity contribution in [3.05, 3.63) is 0 Å². The lowest BCUT2D eigenvalue weighted by Gasteiger charge is -2.08. The second-order valence-corrected chi connectivity index (χ2v) is 2.92. The number of carbonyl (C=O) groups is 1. The maximum absolute atomic E-state index is 10.9. The summed E-state index contributed by atoms with van der Waals surface area (Å²) in [6.07, 6.45) is 0.605. The minimum Gasteiger partial charge on any atom is -0.464 e. The number of rotatable bonds is 9. The van der Waals surface area contributed by atoms with Crippen LogP contribution in [0, 0.1) is 0 Å². The van der Waals surface area contributed by atoms with Crippen LogP contribution in [-0.4, -0.2) is 57.3 Å². The number of ether oxygens (including phenoxy) is 3. The molecule has 0 heterocycles. The molecule has 0 spiro atoms. The summed E-state index contributed by atoms with van der Waals surface area (Å²) >= 11 is 0. The van der Waals surface area contributed by atoms with E-state index in [1.165, 1.54) is 0 Å². The fraction of sp³-hybridized carbons (Fsp3) is 0.889. The van der Waals surface area contributed by atoms with Crippen molar-refractivity contribution in [3.63, 3.8) is 0 Å². The molecule has 0 radical (unpaired) electrons. The first-order valence-corrected chi connectivity index (χ1v) is 4.82. The fourth-order valence-corrected chi connectivity index (χ4v) is 0.760. The van der Waals surface area contributed by atoms with E-state index in [0.29, 0.717) is 26.2 Å². The molecule has 0 fully saturated rings. The molecule has 0 rings (SSSR count). The first-order chi connectivity index (χ1) is 7.22. The Morgan fingerprint density at radius 3 is 2.67 bits per heavy atom. The summed E-state index contributed by atoms with van der Waals surface area (Å²) in [7, 11) is 1.60. The Hall–Kier alpha value is -0.690. The van der Waals surface area contributed by atoms with E-state index in [1.807, 2.05) is 0 Å². The van der Waals surface area contributed by atoms with Gasteiger partial charge in [0.05, 0.1) is 26.4 Å². The molecule has 0 aliphatic carbocycles. The molecule has 0 aromatic carbocycles. The number of hydrogen-bond donors (Lipinski definition) is 2. The largest absolute Gasteiger partial charge is 0.464 e. The average molecular weight is 221 g/mol. The molecule has 15 heavy (non-hydrogen) atoms. The molecule has 0 aliphatic rings. The molecule has 90 valence electrons. The lowest BCUT2D eigenvalue weighted by molar-refractivity contribution is -0.146. The van der Waals surface area contributed by atoms with Gasteiger partial charge < -0.3 is 25.1 Å². The lowest BCUT2D eigenvalue weighted by Crippen LogP contribution is -2.35. The van der Waals surface area contributed by atoms with Crippen LogP contribution in [0.15, 0.2) is 0 Å². The Balaban J connectivity index is 3.20. The molecule has 0 bridgehead atoms. The molecule has 3 N–H and O–H groups in total. The van der Waals surface area contributed by atoms with Gasteiger partial charge in [-0.15, -0.1) is 0 Å². The summed E-state index contributed by atoms with van der Waals surface area (Å²) in [6.45, 7) is 1.43. The first kappa shape index (κ1) is 14.3. The third-order valence-electron chi connectivity index (χ3n) is 1.61. The number of hydrogen-bond acceptors (Lipinski definition) is 6. The SMILES string of the molecule is COCCOCCCOC(=O)[C@H](N)CO. The van der Waals surface area contributed by atoms with Gasteiger partial charge in [0.15, 0.2) is 0 Å². The molecule has 0 unspecified atom stereocenters. The first-order valence-electron chi connectivity index (χ1n) is 4.82. The molecule has 6 heteroatoms. The van der Waals surface area contributed by atoms with Crippen LogP contribution in [0.3, 0.4) is 0 Å². The molecule has 0 saturated carbocycles. The van der Waals surface area contributed by atoms with E-state index in [1.54, 1.807) is 7.11 Å². The van der Waals surface area contributed by atoms with Crippen LogP contribution < -0.4 is 5.73 Å². The Kier molecular flexibility index (Phi) is 9.40. The van der Waals surface area contributed by atoms with E-state index < -0.39 is 18.6 Å². The van der Waals surface area contributed by atoms with Crippen LogP contribution >= 0.6 is 0 Å². The van der Waals surface area contributed by atoms with Crippen molar-refractivity contribution < 1.29 is 24.1 Å². The van der Waals surface area contributed by atoms with E-state index in [2.05, 4.69) is 0 Å². The van der Waals surface area contributed by atoms with E-state index in [9.17, 15) is 4.79 Å². The van der Waals surface area contributed by atoms with Gasteiger partial charge in [-0.1, -0.05) is 0 Å². The van der Waals surface area contributed by atoms with Gasteiger partial charge in [-0.25, -0.2) is 0 Å². The van der Waals surface area contributed by atoms with Crippen LogP contribution in [0.1, 0.15) is 6.42 Å². The topological polar surface area (TPSA) is 91.0 Å². The number of methoxy groups -OCH3 is 1. The molecule has 0 aliphatic heterocycles. The van der Waals surface area contributed by atoms with Gasteiger partial charge >= 0.3 is 5.97 Å². The zero-order valence-corrected chi connectivity index (χ0v) is 8.98. The number of esters is 1. The van der Waals surface area contributed by atoms with Gasteiger partial charge in [-0.05, 0) is 0 Å². The molecular formula is C9H19NO5. The maximum atomic E-state index is 10.9. The predicted molar refractivity (Wildman–Crippen MR) is 53.3 cm³/mol. The summed E-state index contributed by atoms with van der Waals surface area (Å²) in [5.41, 5.74) is 5.22. The van der Waals surface area contributed by atoms with Crippen molar-refractivity contribution in [2.45, 2.75) is 12.5 Å².